The first kappa shape index (κ1) is 21.0. The Labute approximate surface area is 183 Å². The minimum atomic E-state index is -1.27. The quantitative estimate of drug-likeness (QED) is 0.718. The predicted molar refractivity (Wildman–Crippen MR) is 113 cm³/mol. The van der Waals surface area contributed by atoms with Gasteiger partial charge in [-0.3, -0.25) is 9.59 Å². The first-order chi connectivity index (χ1) is 14.7. The number of Topliss-reactive ketones (excluding diaryl/α,β-unsaturated/α-hetero) is 1. The van der Waals surface area contributed by atoms with Gasteiger partial charge in [-0.1, -0.05) is 32.4 Å². The van der Waals surface area contributed by atoms with E-state index in [1.165, 1.54) is 0 Å². The Morgan fingerprint density at radius 2 is 2.13 bits per heavy atom. The molecule has 4 fully saturated rings. The zero-order chi connectivity index (χ0) is 22.2. The van der Waals surface area contributed by atoms with Crippen LogP contribution in [0.2, 0.25) is 0 Å². The van der Waals surface area contributed by atoms with Gasteiger partial charge in [0.05, 0.1) is 6.10 Å². The minimum absolute atomic E-state index is 0.0148. The Morgan fingerprint density at radius 1 is 1.35 bits per heavy atom. The van der Waals surface area contributed by atoms with Crippen molar-refractivity contribution in [1.82, 2.24) is 0 Å². The summed E-state index contributed by atoms with van der Waals surface area (Å²) >= 11 is 0. The van der Waals surface area contributed by atoms with Crippen LogP contribution in [0, 0.1) is 28.6 Å². The van der Waals surface area contributed by atoms with Crippen molar-refractivity contribution in [1.29, 1.82) is 0 Å². The summed E-state index contributed by atoms with van der Waals surface area (Å²) in [5.41, 5.74) is -1.18. The van der Waals surface area contributed by atoms with Gasteiger partial charge in [-0.25, -0.2) is 0 Å². The van der Waals surface area contributed by atoms with Gasteiger partial charge < -0.3 is 19.7 Å². The van der Waals surface area contributed by atoms with Gasteiger partial charge in [0.2, 0.25) is 11.4 Å². The van der Waals surface area contributed by atoms with Crippen LogP contribution in [-0.4, -0.2) is 46.2 Å². The van der Waals surface area contributed by atoms with E-state index in [9.17, 15) is 19.8 Å². The van der Waals surface area contributed by atoms with Crippen molar-refractivity contribution in [2.75, 3.05) is 6.61 Å². The second kappa shape index (κ2) is 6.79. The van der Waals surface area contributed by atoms with E-state index >= 15 is 0 Å². The molecule has 168 valence electrons. The van der Waals surface area contributed by atoms with Crippen LogP contribution in [0.15, 0.2) is 35.8 Å². The molecule has 3 saturated carbocycles. The van der Waals surface area contributed by atoms with Gasteiger partial charge in [-0.05, 0) is 62.2 Å². The van der Waals surface area contributed by atoms with E-state index < -0.39 is 29.8 Å². The maximum absolute atomic E-state index is 13.2. The molecule has 0 aromatic carbocycles. The van der Waals surface area contributed by atoms with Crippen molar-refractivity contribution in [2.24, 2.45) is 28.6 Å². The third-order valence-corrected chi connectivity index (χ3v) is 9.10. The van der Waals surface area contributed by atoms with Gasteiger partial charge in [0, 0.05) is 16.7 Å². The molecule has 5 rings (SSSR count). The normalized spacial score (nSPS) is 48.8. The molecule has 2 N–H and O–H groups in total. The summed E-state index contributed by atoms with van der Waals surface area (Å²) in [5, 5.41) is 21.4. The summed E-state index contributed by atoms with van der Waals surface area (Å²) < 4.78 is 12.4. The van der Waals surface area contributed by atoms with Crippen molar-refractivity contribution in [2.45, 2.75) is 70.7 Å². The highest BCUT2D eigenvalue weighted by atomic mass is 16.7. The lowest BCUT2D eigenvalue weighted by Gasteiger charge is -2.59. The van der Waals surface area contributed by atoms with Gasteiger partial charge >= 0.3 is 0 Å². The van der Waals surface area contributed by atoms with Crippen LogP contribution in [0.5, 0.6) is 0 Å². The molecule has 0 aromatic heterocycles. The Bertz CT molecular complexity index is 917. The number of allylic oxidation sites excluding steroid dienone is 5. The maximum Gasteiger partial charge on any atom is 0.276 e. The first-order valence-corrected chi connectivity index (χ1v) is 11.5. The first-order valence-electron chi connectivity index (χ1n) is 11.5. The van der Waals surface area contributed by atoms with Gasteiger partial charge in [0.1, 0.15) is 12.7 Å². The van der Waals surface area contributed by atoms with E-state index in [4.69, 9.17) is 9.47 Å². The second-order valence-electron chi connectivity index (χ2n) is 10.4. The molecule has 8 unspecified atom stereocenters. The Hall–Kier alpha value is -1.92. The van der Waals surface area contributed by atoms with E-state index in [0.717, 1.165) is 24.8 Å². The molecule has 0 radical (unpaired) electrons. The molecule has 31 heavy (non-hydrogen) atoms. The standard InChI is InChI=1S/C25H32O6/c1-4-5-21-30-20-11-17-16-7-6-14-10-15(27)8-9-23(14,2)22(16)18(28)12-24(17,3)25(20,31-21)19(29)13-26/h5,8-10,16-18,20,22,26,28H,4,6-7,11-13H2,1-3H3/b21-5+. The largest absolute Gasteiger partial charge is 0.458 e. The zero-order valence-corrected chi connectivity index (χ0v) is 18.5. The molecule has 1 saturated heterocycles. The predicted octanol–water partition coefficient (Wildman–Crippen LogP) is 2.84. The summed E-state index contributed by atoms with van der Waals surface area (Å²) in [6, 6.07) is 0. The SMILES string of the molecule is CC/C=C1\OC2CC3C4CCC5=CC(=O)C=CC5(C)C4C(O)CC3(C)C2(C(=O)CO)O1. The lowest BCUT2D eigenvalue weighted by molar-refractivity contribution is -0.178. The van der Waals surface area contributed by atoms with E-state index in [0.29, 0.717) is 18.8 Å². The Morgan fingerprint density at radius 3 is 2.84 bits per heavy atom. The number of carbonyl (C=O) groups is 2. The van der Waals surface area contributed by atoms with Gasteiger partial charge in [0.15, 0.2) is 5.78 Å². The molecule has 0 bridgehead atoms. The average molecular weight is 429 g/mol. The maximum atomic E-state index is 13.2. The van der Waals surface area contributed by atoms with E-state index in [-0.39, 0.29) is 34.7 Å². The molecule has 5 aliphatic rings. The number of fused-ring (bicyclic) bond motifs is 7. The van der Waals surface area contributed by atoms with E-state index in [2.05, 4.69) is 6.92 Å². The highest BCUT2D eigenvalue weighted by molar-refractivity contribution is 6.01. The van der Waals surface area contributed by atoms with Crippen molar-refractivity contribution in [3.05, 3.63) is 35.8 Å². The van der Waals surface area contributed by atoms with Crippen molar-refractivity contribution in [3.63, 3.8) is 0 Å². The number of hydrogen-bond acceptors (Lipinski definition) is 6. The van der Waals surface area contributed by atoms with Crippen LogP contribution in [0.25, 0.3) is 0 Å². The number of ketones is 2. The molecule has 0 amide bonds. The van der Waals surface area contributed by atoms with Crippen LogP contribution in [0.3, 0.4) is 0 Å². The molecule has 0 aromatic rings. The third kappa shape index (κ3) is 2.52. The van der Waals surface area contributed by atoms with Crippen molar-refractivity contribution in [3.8, 4) is 0 Å². The number of hydrogen-bond donors (Lipinski definition) is 2. The molecule has 0 spiro atoms. The molecule has 4 aliphatic carbocycles. The highest BCUT2D eigenvalue weighted by Gasteiger charge is 2.76. The van der Waals surface area contributed by atoms with Crippen LogP contribution in [0.4, 0.5) is 0 Å². The smallest absolute Gasteiger partial charge is 0.276 e. The van der Waals surface area contributed by atoms with Gasteiger partial charge in [-0.15, -0.1) is 0 Å². The highest BCUT2D eigenvalue weighted by Crippen LogP contribution is 2.69. The summed E-state index contributed by atoms with van der Waals surface area (Å²) in [4.78, 5) is 25.2. The van der Waals surface area contributed by atoms with Crippen molar-refractivity contribution >= 4 is 11.6 Å². The van der Waals surface area contributed by atoms with Gasteiger partial charge in [-0.2, -0.15) is 0 Å². The minimum Gasteiger partial charge on any atom is -0.458 e. The van der Waals surface area contributed by atoms with Crippen molar-refractivity contribution < 1.29 is 29.3 Å². The molecule has 6 nitrogen and oxygen atoms in total. The lowest BCUT2D eigenvalue weighted by Crippen LogP contribution is -2.63. The van der Waals surface area contributed by atoms with Crippen LogP contribution in [-0.2, 0) is 19.1 Å². The fraction of sp³-hybridized carbons (Fsp3) is 0.680. The van der Waals surface area contributed by atoms with Crippen LogP contribution in [0.1, 0.15) is 52.9 Å². The second-order valence-corrected chi connectivity index (χ2v) is 10.4. The molecule has 8 atom stereocenters. The molecule has 6 heteroatoms. The number of ether oxygens (including phenoxy) is 2. The topological polar surface area (TPSA) is 93.1 Å². The van der Waals surface area contributed by atoms with Crippen LogP contribution < -0.4 is 0 Å². The summed E-state index contributed by atoms with van der Waals surface area (Å²) in [6.45, 7) is 5.53. The van der Waals surface area contributed by atoms with Crippen LogP contribution >= 0.6 is 0 Å². The summed E-state index contributed by atoms with van der Waals surface area (Å²) in [7, 11) is 0. The summed E-state index contributed by atoms with van der Waals surface area (Å²) in [6.07, 6.45) is 9.51. The lowest BCUT2D eigenvalue weighted by atomic mass is 9.46. The monoisotopic (exact) mass is 428 g/mol. The number of carbonyl (C=O) groups excluding carboxylic acids is 2. The van der Waals surface area contributed by atoms with E-state index in [1.807, 2.05) is 26.0 Å². The number of rotatable bonds is 3. The zero-order valence-electron chi connectivity index (χ0n) is 18.5. The third-order valence-electron chi connectivity index (χ3n) is 9.10. The van der Waals surface area contributed by atoms with Gasteiger partial charge in [0.25, 0.3) is 5.95 Å². The Kier molecular flexibility index (Phi) is 4.59. The Balaban J connectivity index is 1.58. The summed E-state index contributed by atoms with van der Waals surface area (Å²) in [5.74, 6) is 0.280. The molecule has 1 heterocycles. The number of aliphatic hydroxyl groups is 2. The van der Waals surface area contributed by atoms with E-state index in [1.54, 1.807) is 12.2 Å². The number of aliphatic hydroxyl groups excluding tert-OH is 2. The molecular weight excluding hydrogens is 396 g/mol. The fourth-order valence-corrected chi connectivity index (χ4v) is 7.86. The molecule has 1 aliphatic heterocycles. The molecular formula is C25H32O6. The fourth-order valence-electron chi connectivity index (χ4n) is 7.86. The average Bonchev–Trinajstić information content (AvgIpc) is 3.20.